The molecule has 0 saturated heterocycles. The number of fused-ring (bicyclic) bond motifs is 1. The average Bonchev–Trinajstić information content (AvgIpc) is 3.12. The lowest BCUT2D eigenvalue weighted by Crippen LogP contribution is -2.26. The highest BCUT2D eigenvalue weighted by molar-refractivity contribution is 7.81. The summed E-state index contributed by atoms with van der Waals surface area (Å²) in [6.45, 7) is 2.78. The first-order valence-electron chi connectivity index (χ1n) is 9.40. The minimum Gasteiger partial charge on any atom is -0.490 e. The van der Waals surface area contributed by atoms with Crippen LogP contribution in [-0.4, -0.2) is 43.3 Å². The normalized spacial score (nSPS) is 16.6. The van der Waals surface area contributed by atoms with E-state index >= 15 is 0 Å². The number of ether oxygens (including phenoxy) is 2. The van der Waals surface area contributed by atoms with Crippen molar-refractivity contribution < 1.29 is 18.3 Å². The van der Waals surface area contributed by atoms with E-state index in [0.29, 0.717) is 35.7 Å². The Labute approximate surface area is 177 Å². The van der Waals surface area contributed by atoms with Crippen LogP contribution < -0.4 is 15.4 Å². The fraction of sp³-hybridized carbons (Fsp3) is 0.400. The monoisotopic (exact) mass is 437 g/mol. The highest BCUT2D eigenvalue weighted by atomic mass is 32.1. The summed E-state index contributed by atoms with van der Waals surface area (Å²) in [5.41, 5.74) is 2.43. The van der Waals surface area contributed by atoms with Crippen LogP contribution in [0.25, 0.3) is 11.3 Å². The van der Waals surface area contributed by atoms with Gasteiger partial charge in [0.2, 0.25) is 0 Å². The minimum atomic E-state index is -0.709. The van der Waals surface area contributed by atoms with Gasteiger partial charge >= 0.3 is 0 Å². The molecule has 0 unspecified atom stereocenters. The molecule has 1 aromatic carbocycles. The van der Waals surface area contributed by atoms with Crippen molar-refractivity contribution in [1.82, 2.24) is 15.6 Å². The number of nitrogens with zero attached hydrogens (tertiary/aromatic N) is 1. The molecule has 2 aliphatic heterocycles. The fourth-order valence-electron chi connectivity index (χ4n) is 3.47. The lowest BCUT2D eigenvalue weighted by atomic mass is 9.94. The Bertz CT molecular complexity index is 951. The topological polar surface area (TPSA) is 55.4 Å². The van der Waals surface area contributed by atoms with E-state index in [1.54, 1.807) is 11.3 Å². The molecule has 2 aliphatic rings. The first kappa shape index (κ1) is 20.3. The largest absolute Gasteiger partial charge is 0.490 e. The Morgan fingerprint density at radius 3 is 2.86 bits per heavy atom. The molecule has 2 aromatic rings. The number of allylic oxidation sites excluding steroid dienone is 1. The molecular weight excluding hydrogens is 416 g/mol. The molecular formula is C20H21F2N3O2S2. The first-order valence-corrected chi connectivity index (χ1v) is 10.6. The van der Waals surface area contributed by atoms with Gasteiger partial charge in [-0.1, -0.05) is 12.2 Å². The third-order valence-electron chi connectivity index (χ3n) is 4.81. The Balaban J connectivity index is 1.85. The fourth-order valence-corrected chi connectivity index (χ4v) is 4.89. The second kappa shape index (κ2) is 8.83. The van der Waals surface area contributed by atoms with Crippen molar-refractivity contribution in [3.63, 3.8) is 0 Å². The van der Waals surface area contributed by atoms with Gasteiger partial charge in [0.1, 0.15) is 29.0 Å². The first-order chi connectivity index (χ1) is 14.1. The van der Waals surface area contributed by atoms with Crippen molar-refractivity contribution in [3.05, 3.63) is 44.9 Å². The third kappa shape index (κ3) is 4.18. The molecule has 0 saturated carbocycles. The standard InChI is InChI=1S/C20H21F2N3O2S2/c1-26-6-7-27-14-9-11(21)8-12(22)17(14)18-15(28)3-5-24-19(18)20-25-13-2-4-23-10-16(13)29-20/h8-9,23-24H,2-7,10H2,1H3. The number of halogens is 2. The molecule has 3 heterocycles. The average molecular weight is 438 g/mol. The summed E-state index contributed by atoms with van der Waals surface area (Å²) >= 11 is 7.18. The van der Waals surface area contributed by atoms with Gasteiger partial charge in [-0.3, -0.25) is 0 Å². The van der Waals surface area contributed by atoms with Gasteiger partial charge in [0.15, 0.2) is 0 Å². The number of nitrogens with one attached hydrogen (secondary N) is 2. The number of rotatable bonds is 6. The lowest BCUT2D eigenvalue weighted by molar-refractivity contribution is 0.145. The minimum absolute atomic E-state index is 0.112. The van der Waals surface area contributed by atoms with Crippen LogP contribution in [0.5, 0.6) is 5.75 Å². The third-order valence-corrected chi connectivity index (χ3v) is 6.34. The molecule has 1 aromatic heterocycles. The van der Waals surface area contributed by atoms with Crippen LogP contribution in [0.3, 0.4) is 0 Å². The number of hydrogen-bond donors (Lipinski definition) is 2. The van der Waals surface area contributed by atoms with Gasteiger partial charge in [-0.2, -0.15) is 0 Å². The smallest absolute Gasteiger partial charge is 0.140 e. The number of methoxy groups -OCH3 is 1. The van der Waals surface area contributed by atoms with Crippen molar-refractivity contribution in [2.24, 2.45) is 0 Å². The van der Waals surface area contributed by atoms with Gasteiger partial charge in [0.25, 0.3) is 0 Å². The molecule has 0 atom stereocenters. The SMILES string of the molecule is COCCOc1cc(F)cc(F)c1C1=C(c2nc3c(s2)CNCC3)NCCC1=S. The van der Waals surface area contributed by atoms with E-state index in [4.69, 9.17) is 26.7 Å². The van der Waals surface area contributed by atoms with Crippen molar-refractivity contribution >= 4 is 39.7 Å². The van der Waals surface area contributed by atoms with E-state index in [1.165, 1.54) is 18.1 Å². The molecule has 154 valence electrons. The van der Waals surface area contributed by atoms with E-state index in [2.05, 4.69) is 10.6 Å². The van der Waals surface area contributed by atoms with Crippen LogP contribution in [0.2, 0.25) is 0 Å². The highest BCUT2D eigenvalue weighted by Crippen LogP contribution is 2.39. The molecule has 0 aliphatic carbocycles. The summed E-state index contributed by atoms with van der Waals surface area (Å²) in [5, 5.41) is 7.44. The zero-order valence-electron chi connectivity index (χ0n) is 15.9. The van der Waals surface area contributed by atoms with Crippen LogP contribution in [0.4, 0.5) is 8.78 Å². The van der Waals surface area contributed by atoms with Gasteiger partial charge < -0.3 is 20.1 Å². The van der Waals surface area contributed by atoms with Crippen LogP contribution in [0, 0.1) is 11.6 Å². The summed E-state index contributed by atoms with van der Waals surface area (Å²) in [4.78, 5) is 6.56. The molecule has 0 radical (unpaired) electrons. The van der Waals surface area contributed by atoms with E-state index in [1.807, 2.05) is 0 Å². The van der Waals surface area contributed by atoms with Gasteiger partial charge in [0, 0.05) is 67.0 Å². The van der Waals surface area contributed by atoms with Crippen molar-refractivity contribution in [3.8, 4) is 5.75 Å². The molecule has 29 heavy (non-hydrogen) atoms. The zero-order valence-corrected chi connectivity index (χ0v) is 17.6. The maximum absolute atomic E-state index is 15.0. The molecule has 0 spiro atoms. The van der Waals surface area contributed by atoms with Crippen LogP contribution >= 0.6 is 23.6 Å². The highest BCUT2D eigenvalue weighted by Gasteiger charge is 2.29. The van der Waals surface area contributed by atoms with E-state index in [0.717, 1.165) is 36.3 Å². The molecule has 0 fully saturated rings. The number of thiazole rings is 1. The van der Waals surface area contributed by atoms with Crippen LogP contribution in [0.15, 0.2) is 12.1 Å². The summed E-state index contributed by atoms with van der Waals surface area (Å²) in [7, 11) is 1.54. The summed E-state index contributed by atoms with van der Waals surface area (Å²) < 4.78 is 39.6. The summed E-state index contributed by atoms with van der Waals surface area (Å²) in [6.07, 6.45) is 1.43. The second-order valence-electron chi connectivity index (χ2n) is 6.77. The van der Waals surface area contributed by atoms with Crippen LogP contribution in [0.1, 0.15) is 27.6 Å². The van der Waals surface area contributed by atoms with Gasteiger partial charge in [-0.25, -0.2) is 13.8 Å². The second-order valence-corrected chi connectivity index (χ2v) is 8.34. The number of aromatic nitrogens is 1. The Kier molecular flexibility index (Phi) is 6.19. The molecule has 0 amide bonds. The van der Waals surface area contributed by atoms with Gasteiger partial charge in [-0.05, 0) is 0 Å². The van der Waals surface area contributed by atoms with Crippen molar-refractivity contribution in [2.45, 2.75) is 19.4 Å². The maximum atomic E-state index is 15.0. The van der Waals surface area contributed by atoms with Crippen LogP contribution in [-0.2, 0) is 17.7 Å². The molecule has 9 heteroatoms. The lowest BCUT2D eigenvalue weighted by Gasteiger charge is -2.24. The molecule has 5 nitrogen and oxygen atoms in total. The predicted molar refractivity (Wildman–Crippen MR) is 113 cm³/mol. The predicted octanol–water partition coefficient (Wildman–Crippen LogP) is 3.32. The number of benzene rings is 1. The van der Waals surface area contributed by atoms with Crippen molar-refractivity contribution in [1.29, 1.82) is 0 Å². The van der Waals surface area contributed by atoms with Crippen molar-refractivity contribution in [2.75, 3.05) is 33.4 Å². The van der Waals surface area contributed by atoms with E-state index in [-0.39, 0.29) is 17.9 Å². The Hall–Kier alpha value is -1.94. The Morgan fingerprint density at radius 2 is 2.07 bits per heavy atom. The van der Waals surface area contributed by atoms with Gasteiger partial charge in [0.05, 0.1) is 23.6 Å². The van der Waals surface area contributed by atoms with E-state index < -0.39 is 11.6 Å². The summed E-state index contributed by atoms with van der Waals surface area (Å²) in [5.74, 6) is -1.30. The Morgan fingerprint density at radius 1 is 1.21 bits per heavy atom. The molecule has 4 rings (SSSR count). The maximum Gasteiger partial charge on any atom is 0.140 e. The quantitative estimate of drug-likeness (QED) is 0.534. The van der Waals surface area contributed by atoms with E-state index in [9.17, 15) is 8.78 Å². The number of hydrogen-bond acceptors (Lipinski definition) is 7. The number of thiocarbonyl (C=S) groups is 1. The molecule has 2 N–H and O–H groups in total. The molecule has 0 bridgehead atoms. The summed E-state index contributed by atoms with van der Waals surface area (Å²) in [6, 6.07) is 2.05. The zero-order chi connectivity index (χ0) is 20.4. The van der Waals surface area contributed by atoms with Gasteiger partial charge in [-0.15, -0.1) is 11.3 Å².